The van der Waals surface area contributed by atoms with E-state index in [1.807, 2.05) is 32.0 Å². The van der Waals surface area contributed by atoms with Crippen LogP contribution >= 0.6 is 0 Å². The Hall–Kier alpha value is -1.74. The highest BCUT2D eigenvalue weighted by Crippen LogP contribution is 2.29. The van der Waals surface area contributed by atoms with Gasteiger partial charge in [0, 0.05) is 12.1 Å². The Bertz CT molecular complexity index is 621. The predicted molar refractivity (Wildman–Crippen MR) is 78.6 cm³/mol. The molecule has 2 rings (SSSR count). The topological polar surface area (TPSA) is 12.0 Å². The van der Waals surface area contributed by atoms with Crippen LogP contribution in [0.5, 0.6) is 0 Å². The maximum absolute atomic E-state index is 14.1. The summed E-state index contributed by atoms with van der Waals surface area (Å²) in [4.78, 5) is 0. The maximum atomic E-state index is 14.1. The second-order valence-electron chi connectivity index (χ2n) is 5.01. The fraction of sp³-hybridized carbons (Fsp3) is 0.294. The number of hydrogen-bond acceptors (Lipinski definition) is 1. The van der Waals surface area contributed by atoms with E-state index >= 15 is 0 Å². The van der Waals surface area contributed by atoms with E-state index in [2.05, 4.69) is 5.32 Å². The van der Waals surface area contributed by atoms with Gasteiger partial charge in [0.2, 0.25) is 0 Å². The minimum atomic E-state index is -0.382. The summed E-state index contributed by atoms with van der Waals surface area (Å²) in [6.07, 6.45) is 0. The van der Waals surface area contributed by atoms with Gasteiger partial charge in [0.25, 0.3) is 0 Å². The summed E-state index contributed by atoms with van der Waals surface area (Å²) in [6, 6.07) is 8.40. The van der Waals surface area contributed by atoms with Crippen molar-refractivity contribution in [1.82, 2.24) is 5.32 Å². The average Bonchev–Trinajstić information content (AvgIpc) is 2.42. The van der Waals surface area contributed by atoms with E-state index in [0.29, 0.717) is 11.1 Å². The zero-order chi connectivity index (χ0) is 14.7. The van der Waals surface area contributed by atoms with Crippen LogP contribution < -0.4 is 5.32 Å². The van der Waals surface area contributed by atoms with Crippen molar-refractivity contribution in [1.29, 1.82) is 0 Å². The molecule has 0 aromatic heterocycles. The Morgan fingerprint density at radius 1 is 0.900 bits per heavy atom. The number of hydrogen-bond donors (Lipinski definition) is 1. The molecule has 0 aliphatic rings. The number of rotatable bonds is 4. The Morgan fingerprint density at radius 3 is 2.35 bits per heavy atom. The lowest BCUT2D eigenvalue weighted by Gasteiger charge is -2.11. The van der Waals surface area contributed by atoms with Crippen molar-refractivity contribution in [3.63, 3.8) is 0 Å². The molecule has 2 aromatic carbocycles. The van der Waals surface area contributed by atoms with E-state index < -0.39 is 0 Å². The molecule has 0 atom stereocenters. The Kier molecular flexibility index (Phi) is 4.50. The SMILES string of the molecule is CCNCc1ccc(C)c(-c2cc(F)c(C)cc2F)c1. The first-order valence-corrected chi connectivity index (χ1v) is 6.79. The van der Waals surface area contributed by atoms with Crippen molar-refractivity contribution < 1.29 is 8.78 Å². The largest absolute Gasteiger partial charge is 0.313 e. The second kappa shape index (κ2) is 6.14. The van der Waals surface area contributed by atoms with Crippen molar-refractivity contribution in [3.05, 3.63) is 58.7 Å². The Morgan fingerprint density at radius 2 is 1.65 bits per heavy atom. The number of benzene rings is 2. The Labute approximate surface area is 118 Å². The molecule has 0 bridgehead atoms. The van der Waals surface area contributed by atoms with Crippen LogP contribution in [0.1, 0.15) is 23.6 Å². The molecule has 0 amide bonds. The predicted octanol–water partition coefficient (Wildman–Crippen LogP) is 4.36. The fourth-order valence-corrected chi connectivity index (χ4v) is 2.19. The molecule has 0 saturated heterocycles. The second-order valence-corrected chi connectivity index (χ2v) is 5.01. The summed E-state index contributed by atoms with van der Waals surface area (Å²) in [6.45, 7) is 7.10. The standard InChI is InChI=1S/C17H19F2N/c1-4-20-10-13-6-5-11(2)14(8-13)15-9-16(18)12(3)7-17(15)19/h5-9,20H,4,10H2,1-3H3. The summed E-state index contributed by atoms with van der Waals surface area (Å²) < 4.78 is 27.8. The molecule has 0 spiro atoms. The van der Waals surface area contributed by atoms with Crippen molar-refractivity contribution in [3.8, 4) is 11.1 Å². The lowest BCUT2D eigenvalue weighted by atomic mass is 9.96. The first kappa shape index (κ1) is 14.7. The summed E-state index contributed by atoms with van der Waals surface area (Å²) in [5, 5.41) is 3.23. The molecule has 2 aromatic rings. The van der Waals surface area contributed by atoms with E-state index in [0.717, 1.165) is 29.8 Å². The van der Waals surface area contributed by atoms with Gasteiger partial charge in [0.05, 0.1) is 0 Å². The van der Waals surface area contributed by atoms with Crippen LogP contribution in [0.2, 0.25) is 0 Å². The van der Waals surface area contributed by atoms with Crippen LogP contribution in [0.4, 0.5) is 8.78 Å². The molecule has 3 heteroatoms. The highest BCUT2D eigenvalue weighted by atomic mass is 19.1. The minimum Gasteiger partial charge on any atom is -0.313 e. The van der Waals surface area contributed by atoms with Crippen LogP contribution in [0, 0.1) is 25.5 Å². The van der Waals surface area contributed by atoms with Gasteiger partial charge in [-0.05, 0) is 60.8 Å². The van der Waals surface area contributed by atoms with E-state index in [-0.39, 0.29) is 11.6 Å². The van der Waals surface area contributed by atoms with Crippen molar-refractivity contribution >= 4 is 0 Å². The highest BCUT2D eigenvalue weighted by Gasteiger charge is 2.12. The first-order valence-electron chi connectivity index (χ1n) is 6.79. The molecule has 0 saturated carbocycles. The minimum absolute atomic E-state index is 0.323. The van der Waals surface area contributed by atoms with Gasteiger partial charge >= 0.3 is 0 Å². The van der Waals surface area contributed by atoms with E-state index in [1.165, 1.54) is 12.1 Å². The summed E-state index contributed by atoms with van der Waals surface area (Å²) in [5.41, 5.74) is 3.40. The van der Waals surface area contributed by atoms with Crippen LogP contribution in [-0.4, -0.2) is 6.54 Å². The van der Waals surface area contributed by atoms with Gasteiger partial charge in [-0.1, -0.05) is 19.1 Å². The molecular formula is C17H19F2N. The van der Waals surface area contributed by atoms with Gasteiger partial charge in [-0.3, -0.25) is 0 Å². The van der Waals surface area contributed by atoms with Gasteiger partial charge in [-0.15, -0.1) is 0 Å². The molecule has 1 N–H and O–H groups in total. The lowest BCUT2D eigenvalue weighted by Crippen LogP contribution is -2.11. The molecule has 0 fully saturated rings. The number of halogens is 2. The van der Waals surface area contributed by atoms with Crippen LogP contribution in [0.15, 0.2) is 30.3 Å². The molecule has 106 valence electrons. The molecule has 0 heterocycles. The normalized spacial score (nSPS) is 10.8. The monoisotopic (exact) mass is 275 g/mol. The third kappa shape index (κ3) is 3.05. The quantitative estimate of drug-likeness (QED) is 0.874. The molecule has 1 nitrogen and oxygen atoms in total. The van der Waals surface area contributed by atoms with Crippen molar-refractivity contribution in [2.75, 3.05) is 6.54 Å². The summed E-state index contributed by atoms with van der Waals surface area (Å²) in [5.74, 6) is -0.759. The van der Waals surface area contributed by atoms with Gasteiger partial charge in [-0.25, -0.2) is 8.78 Å². The fourth-order valence-electron chi connectivity index (χ4n) is 2.19. The average molecular weight is 275 g/mol. The van der Waals surface area contributed by atoms with Crippen LogP contribution in [0.25, 0.3) is 11.1 Å². The summed E-state index contributed by atoms with van der Waals surface area (Å²) in [7, 11) is 0. The van der Waals surface area contributed by atoms with Gasteiger partial charge < -0.3 is 5.32 Å². The van der Waals surface area contributed by atoms with Crippen LogP contribution in [-0.2, 0) is 6.54 Å². The molecular weight excluding hydrogens is 256 g/mol. The number of nitrogens with one attached hydrogen (secondary N) is 1. The van der Waals surface area contributed by atoms with E-state index in [1.54, 1.807) is 6.92 Å². The summed E-state index contributed by atoms with van der Waals surface area (Å²) >= 11 is 0. The zero-order valence-corrected chi connectivity index (χ0v) is 12.1. The molecule has 0 aliphatic heterocycles. The van der Waals surface area contributed by atoms with E-state index in [9.17, 15) is 8.78 Å². The van der Waals surface area contributed by atoms with E-state index in [4.69, 9.17) is 0 Å². The first-order chi connectivity index (χ1) is 9.52. The van der Waals surface area contributed by atoms with Crippen molar-refractivity contribution in [2.24, 2.45) is 0 Å². The highest BCUT2D eigenvalue weighted by molar-refractivity contribution is 5.69. The zero-order valence-electron chi connectivity index (χ0n) is 12.1. The van der Waals surface area contributed by atoms with Crippen molar-refractivity contribution in [2.45, 2.75) is 27.3 Å². The Balaban J connectivity index is 2.48. The van der Waals surface area contributed by atoms with Gasteiger partial charge in [0.15, 0.2) is 0 Å². The molecule has 0 unspecified atom stereocenters. The third-order valence-electron chi connectivity index (χ3n) is 3.42. The molecule has 0 aliphatic carbocycles. The maximum Gasteiger partial charge on any atom is 0.131 e. The molecule has 0 radical (unpaired) electrons. The lowest BCUT2D eigenvalue weighted by molar-refractivity contribution is 0.595. The molecule has 20 heavy (non-hydrogen) atoms. The van der Waals surface area contributed by atoms with Gasteiger partial charge in [0.1, 0.15) is 11.6 Å². The smallest absolute Gasteiger partial charge is 0.131 e. The number of aryl methyl sites for hydroxylation is 2. The van der Waals surface area contributed by atoms with Crippen LogP contribution in [0.3, 0.4) is 0 Å². The third-order valence-corrected chi connectivity index (χ3v) is 3.42. The van der Waals surface area contributed by atoms with Gasteiger partial charge in [-0.2, -0.15) is 0 Å².